The first-order valence-electron chi connectivity index (χ1n) is 14.2. The average Bonchev–Trinajstić information content (AvgIpc) is 2.89. The van der Waals surface area contributed by atoms with Gasteiger partial charge in [0, 0.05) is 38.1 Å². The van der Waals surface area contributed by atoms with Crippen molar-refractivity contribution in [2.45, 2.75) is 95.6 Å². The highest BCUT2D eigenvalue weighted by Gasteiger charge is 2.36. The van der Waals surface area contributed by atoms with Gasteiger partial charge >= 0.3 is 12.1 Å². The Hall–Kier alpha value is -1.54. The Morgan fingerprint density at radius 2 is 1.63 bits per heavy atom. The van der Waals surface area contributed by atoms with E-state index in [1.165, 1.54) is 71.3 Å². The molecule has 1 saturated heterocycles. The second-order valence-corrected chi connectivity index (χ2v) is 10.9. The third-order valence-corrected chi connectivity index (χ3v) is 8.31. The first-order chi connectivity index (χ1) is 17.1. The Morgan fingerprint density at radius 3 is 2.31 bits per heavy atom. The van der Waals surface area contributed by atoms with Gasteiger partial charge in [-0.05, 0) is 51.0 Å². The number of carbonyl (C=O) groups excluding carboxylic acids is 2. The van der Waals surface area contributed by atoms with E-state index >= 15 is 0 Å². The van der Waals surface area contributed by atoms with E-state index in [1.807, 2.05) is 11.9 Å². The van der Waals surface area contributed by atoms with Gasteiger partial charge < -0.3 is 30.3 Å². The van der Waals surface area contributed by atoms with Crippen LogP contribution in [0.4, 0.5) is 9.59 Å². The van der Waals surface area contributed by atoms with Gasteiger partial charge in [-0.2, -0.15) is 0 Å². The van der Waals surface area contributed by atoms with Crippen LogP contribution in [0.3, 0.4) is 0 Å². The van der Waals surface area contributed by atoms with Crippen molar-refractivity contribution in [1.82, 2.24) is 20.9 Å². The highest BCUT2D eigenvalue weighted by atomic mass is 16.5. The number of urea groups is 1. The zero-order valence-corrected chi connectivity index (χ0v) is 22.2. The lowest BCUT2D eigenvalue weighted by molar-refractivity contribution is -0.0505. The summed E-state index contributed by atoms with van der Waals surface area (Å²) in [5.74, 6) is 1.62. The molecule has 0 spiro atoms. The summed E-state index contributed by atoms with van der Waals surface area (Å²) in [6, 6.07) is 0.270. The molecule has 0 aromatic rings. The highest BCUT2D eigenvalue weighted by Crippen LogP contribution is 2.35. The topological polar surface area (TPSA) is 91.9 Å². The number of alkyl carbamates (subject to hydrolysis) is 1. The van der Waals surface area contributed by atoms with Crippen LogP contribution in [0.5, 0.6) is 0 Å². The summed E-state index contributed by atoms with van der Waals surface area (Å²) in [5, 5.41) is 9.37. The molecule has 0 aromatic carbocycles. The van der Waals surface area contributed by atoms with E-state index in [2.05, 4.69) is 20.7 Å². The van der Waals surface area contributed by atoms with Crippen LogP contribution in [-0.4, -0.2) is 76.1 Å². The molecular weight excluding hydrogens is 444 g/mol. The summed E-state index contributed by atoms with van der Waals surface area (Å²) in [4.78, 5) is 26.7. The minimum absolute atomic E-state index is 0.0838. The quantitative estimate of drug-likeness (QED) is 0.373. The molecule has 1 aliphatic heterocycles. The molecule has 3 fully saturated rings. The number of rotatable bonds is 11. The molecule has 0 aromatic heterocycles. The number of nitrogens with zero attached hydrogens (tertiary/aromatic N) is 1. The molecule has 0 radical (unpaired) electrons. The van der Waals surface area contributed by atoms with Crippen LogP contribution in [0.1, 0.15) is 83.5 Å². The minimum Gasteiger partial charge on any atom is -0.453 e. The average molecular weight is 495 g/mol. The third kappa shape index (κ3) is 9.45. The molecule has 1 heterocycles. The fraction of sp³-hybridized carbons (Fsp3) is 0.926. The van der Waals surface area contributed by atoms with Crippen molar-refractivity contribution >= 4 is 12.1 Å². The van der Waals surface area contributed by atoms with Gasteiger partial charge in [0.2, 0.25) is 0 Å². The fourth-order valence-electron chi connectivity index (χ4n) is 6.53. The van der Waals surface area contributed by atoms with E-state index in [-0.39, 0.29) is 18.2 Å². The first kappa shape index (κ1) is 28.0. The molecule has 3 N–H and O–H groups in total. The monoisotopic (exact) mass is 494 g/mol. The van der Waals surface area contributed by atoms with Gasteiger partial charge in [-0.1, -0.05) is 51.4 Å². The molecular formula is C27H50N4O4. The third-order valence-electron chi connectivity index (χ3n) is 8.31. The number of ether oxygens (including phenoxy) is 2. The van der Waals surface area contributed by atoms with Gasteiger partial charge in [0.15, 0.2) is 0 Å². The predicted octanol–water partition coefficient (Wildman–Crippen LogP) is 4.29. The van der Waals surface area contributed by atoms with Crippen molar-refractivity contribution in [2.24, 2.45) is 17.8 Å². The van der Waals surface area contributed by atoms with Crippen LogP contribution >= 0.6 is 0 Å². The largest absolute Gasteiger partial charge is 0.453 e. The Kier molecular flexibility index (Phi) is 12.5. The molecule has 2 saturated carbocycles. The number of nitrogens with one attached hydrogen (secondary N) is 3. The minimum atomic E-state index is -0.423. The van der Waals surface area contributed by atoms with E-state index in [9.17, 15) is 9.59 Å². The van der Waals surface area contributed by atoms with E-state index in [0.29, 0.717) is 25.0 Å². The molecule has 8 nitrogen and oxygen atoms in total. The molecule has 35 heavy (non-hydrogen) atoms. The molecule has 2 aliphatic carbocycles. The molecule has 3 atom stereocenters. The van der Waals surface area contributed by atoms with Gasteiger partial charge in [0.05, 0.1) is 19.8 Å². The Labute approximate surface area is 212 Å². The van der Waals surface area contributed by atoms with Crippen LogP contribution in [0.15, 0.2) is 0 Å². The Bertz CT molecular complexity index is 622. The summed E-state index contributed by atoms with van der Waals surface area (Å²) in [6.07, 6.45) is 15.7. The van der Waals surface area contributed by atoms with Crippen molar-refractivity contribution in [2.75, 3.05) is 46.9 Å². The number of carbonyl (C=O) groups is 2. The number of likely N-dealkylation sites (N-methyl/N-ethyl adjacent to an activating group) is 1. The molecule has 0 bridgehead atoms. The summed E-state index contributed by atoms with van der Waals surface area (Å²) in [5.41, 5.74) is 0. The van der Waals surface area contributed by atoms with E-state index in [1.54, 1.807) is 0 Å². The van der Waals surface area contributed by atoms with E-state index in [0.717, 1.165) is 44.8 Å². The number of likely N-dealkylation sites (tertiary alicyclic amines) is 1. The lowest BCUT2D eigenvalue weighted by Gasteiger charge is -2.41. The number of amides is 3. The number of hydrogen-bond acceptors (Lipinski definition) is 5. The SMILES string of the molecule is CNC[C@H](CC1CCCCC1)NC(=O)N1CCC[C@@H]([C@@H](OCCNC(=O)OC)C2CCCCC2)C1. The van der Waals surface area contributed by atoms with Crippen molar-refractivity contribution in [1.29, 1.82) is 0 Å². The first-order valence-corrected chi connectivity index (χ1v) is 14.2. The fourth-order valence-corrected chi connectivity index (χ4v) is 6.53. The lowest BCUT2D eigenvalue weighted by Crippen LogP contribution is -2.53. The Balaban J connectivity index is 1.55. The van der Waals surface area contributed by atoms with Crippen LogP contribution in [0.25, 0.3) is 0 Å². The summed E-state index contributed by atoms with van der Waals surface area (Å²) < 4.78 is 11.1. The van der Waals surface area contributed by atoms with Crippen molar-refractivity contribution in [3.63, 3.8) is 0 Å². The maximum absolute atomic E-state index is 13.3. The zero-order valence-electron chi connectivity index (χ0n) is 22.2. The molecule has 202 valence electrons. The van der Waals surface area contributed by atoms with Crippen LogP contribution in [-0.2, 0) is 9.47 Å². The summed E-state index contributed by atoms with van der Waals surface area (Å²) in [6.45, 7) is 3.32. The van der Waals surface area contributed by atoms with Gasteiger partial charge in [-0.25, -0.2) is 9.59 Å². The molecule has 0 unspecified atom stereocenters. The maximum atomic E-state index is 13.3. The molecule has 3 aliphatic rings. The molecule has 3 rings (SSSR count). The summed E-state index contributed by atoms with van der Waals surface area (Å²) >= 11 is 0. The second kappa shape index (κ2) is 15.5. The number of piperidine rings is 1. The summed E-state index contributed by atoms with van der Waals surface area (Å²) in [7, 11) is 3.34. The highest BCUT2D eigenvalue weighted by molar-refractivity contribution is 5.74. The van der Waals surface area contributed by atoms with E-state index < -0.39 is 6.09 Å². The lowest BCUT2D eigenvalue weighted by atomic mass is 9.78. The van der Waals surface area contributed by atoms with Crippen molar-refractivity contribution < 1.29 is 19.1 Å². The van der Waals surface area contributed by atoms with Crippen molar-refractivity contribution in [3.8, 4) is 0 Å². The zero-order chi connectivity index (χ0) is 24.9. The van der Waals surface area contributed by atoms with E-state index in [4.69, 9.17) is 4.74 Å². The van der Waals surface area contributed by atoms with Gasteiger partial charge in [-0.3, -0.25) is 0 Å². The van der Waals surface area contributed by atoms with Gasteiger partial charge in [0.25, 0.3) is 0 Å². The van der Waals surface area contributed by atoms with Crippen LogP contribution in [0.2, 0.25) is 0 Å². The molecule has 8 heteroatoms. The predicted molar refractivity (Wildman–Crippen MR) is 138 cm³/mol. The Morgan fingerprint density at radius 1 is 0.943 bits per heavy atom. The number of hydrogen-bond donors (Lipinski definition) is 3. The standard InChI is InChI=1S/C27H50N4O4/c1-28-19-24(18-21-10-5-3-6-11-21)30-26(32)31-16-9-14-23(20-31)25(22-12-7-4-8-13-22)35-17-15-29-27(33)34-2/h21-25,28H,3-20H2,1-2H3,(H,29,33)(H,30,32)/t23-,24+,25+/m1/s1. The van der Waals surface area contributed by atoms with Gasteiger partial charge in [0.1, 0.15) is 0 Å². The van der Waals surface area contributed by atoms with Gasteiger partial charge in [-0.15, -0.1) is 0 Å². The number of methoxy groups -OCH3 is 1. The second-order valence-electron chi connectivity index (χ2n) is 10.9. The maximum Gasteiger partial charge on any atom is 0.406 e. The molecule has 3 amide bonds. The normalized spacial score (nSPS) is 23.9. The smallest absolute Gasteiger partial charge is 0.406 e. The van der Waals surface area contributed by atoms with Crippen molar-refractivity contribution in [3.05, 3.63) is 0 Å². The van der Waals surface area contributed by atoms with Crippen LogP contribution in [0, 0.1) is 17.8 Å². The van der Waals surface area contributed by atoms with Crippen LogP contribution < -0.4 is 16.0 Å².